The van der Waals surface area contributed by atoms with Crippen LogP contribution in [0.15, 0.2) is 22.8 Å². The molecular formula is C35H52O12. The molecule has 9 atom stereocenters. The van der Waals surface area contributed by atoms with E-state index < -0.39 is 83.1 Å². The van der Waals surface area contributed by atoms with Crippen molar-refractivity contribution in [1.82, 2.24) is 0 Å². The van der Waals surface area contributed by atoms with Crippen LogP contribution in [0.5, 0.6) is 0 Å². The Morgan fingerprint density at radius 3 is 2.21 bits per heavy atom. The Kier molecular flexibility index (Phi) is 10.7. The molecule has 0 spiro atoms. The highest BCUT2D eigenvalue weighted by atomic mass is 16.8. The Balaban J connectivity index is 1.95. The Morgan fingerprint density at radius 2 is 1.62 bits per heavy atom. The number of esters is 4. The SMILES string of the molecule is C/C=C(/C)C(=O)O[C@H]1C(C)=C2[C@H]([C@@H]1OC(=O)CCCCC)[C@@](C)(OC(C)=O)C[C@H](OC(=O)CCC)[C@@]1(O)[C@H]2O[C@H]2OC(C)(C)O[C@]21C. The summed E-state index contributed by atoms with van der Waals surface area (Å²) in [6.45, 7) is 16.8. The fraction of sp³-hybridized carbons (Fsp3) is 0.771. The molecule has 0 unspecified atom stereocenters. The van der Waals surface area contributed by atoms with Gasteiger partial charge in [-0.1, -0.05) is 32.8 Å². The first kappa shape index (κ1) is 37.0. The van der Waals surface area contributed by atoms with E-state index in [0.717, 1.165) is 12.8 Å². The van der Waals surface area contributed by atoms with Crippen LogP contribution in [0, 0.1) is 5.92 Å². The maximum atomic E-state index is 13.4. The van der Waals surface area contributed by atoms with Crippen molar-refractivity contribution in [3.8, 4) is 0 Å². The highest BCUT2D eigenvalue weighted by Crippen LogP contribution is 2.62. The van der Waals surface area contributed by atoms with Crippen LogP contribution in [-0.4, -0.2) is 82.3 Å². The summed E-state index contributed by atoms with van der Waals surface area (Å²) in [6, 6.07) is 0. The molecule has 4 rings (SSSR count). The number of hydrogen-bond donors (Lipinski definition) is 1. The molecule has 1 N–H and O–H groups in total. The van der Waals surface area contributed by atoms with Crippen LogP contribution in [-0.2, 0) is 52.3 Å². The Bertz CT molecular complexity index is 1320. The van der Waals surface area contributed by atoms with Crippen LogP contribution in [0.3, 0.4) is 0 Å². The van der Waals surface area contributed by atoms with Crippen molar-refractivity contribution >= 4 is 23.9 Å². The van der Waals surface area contributed by atoms with Crippen molar-refractivity contribution in [2.45, 2.75) is 167 Å². The van der Waals surface area contributed by atoms with E-state index in [1.807, 2.05) is 13.8 Å². The first-order valence-electron chi connectivity index (χ1n) is 16.8. The van der Waals surface area contributed by atoms with Crippen LogP contribution in [0.2, 0.25) is 0 Å². The predicted molar refractivity (Wildman–Crippen MR) is 167 cm³/mol. The lowest BCUT2D eigenvalue weighted by atomic mass is 9.75. The van der Waals surface area contributed by atoms with Gasteiger partial charge < -0.3 is 38.3 Å². The van der Waals surface area contributed by atoms with Gasteiger partial charge in [-0.3, -0.25) is 14.4 Å². The molecule has 0 aromatic carbocycles. The van der Waals surface area contributed by atoms with Gasteiger partial charge in [-0.2, -0.15) is 0 Å². The van der Waals surface area contributed by atoms with E-state index in [9.17, 15) is 24.3 Å². The largest absolute Gasteiger partial charge is 0.459 e. The number of carbonyl (C=O) groups excluding carboxylic acids is 4. The molecule has 0 aromatic rings. The van der Waals surface area contributed by atoms with Crippen molar-refractivity contribution in [2.24, 2.45) is 5.92 Å². The van der Waals surface area contributed by atoms with E-state index in [1.165, 1.54) is 6.92 Å². The normalized spacial score (nSPS) is 37.4. The second kappa shape index (κ2) is 13.6. The number of carbonyl (C=O) groups is 4. The number of unbranched alkanes of at least 4 members (excludes halogenated alkanes) is 2. The summed E-state index contributed by atoms with van der Waals surface area (Å²) < 4.78 is 43.4. The van der Waals surface area contributed by atoms with Gasteiger partial charge in [0, 0.05) is 31.8 Å². The molecule has 47 heavy (non-hydrogen) atoms. The first-order chi connectivity index (χ1) is 21.9. The second-order valence-corrected chi connectivity index (χ2v) is 14.1. The number of aliphatic hydroxyl groups is 1. The average molecular weight is 665 g/mol. The Morgan fingerprint density at radius 1 is 0.957 bits per heavy atom. The standard InChI is InChI=1S/C35H52O12/c1-11-14-15-17-24(38)42-28-26-25(20(5)27(28)43-30(39)19(4)13-3)29-35(40,34(10)31(44-29)46-32(7,8)47-34)22(41-23(37)16-12-2)18-33(26,9)45-21(6)36/h13,22,26-29,31,40H,11-12,14-18H2,1-10H3/b19-13-/t22-,26+,27-,28-,29-,31-,33-,34+,35+/m0/s1. The van der Waals surface area contributed by atoms with Crippen LogP contribution in [0.4, 0.5) is 0 Å². The molecule has 12 heteroatoms. The lowest BCUT2D eigenvalue weighted by molar-refractivity contribution is -0.256. The number of ether oxygens (including phenoxy) is 7. The molecule has 12 nitrogen and oxygen atoms in total. The smallest absolute Gasteiger partial charge is 0.334 e. The van der Waals surface area contributed by atoms with Crippen LogP contribution >= 0.6 is 0 Å². The van der Waals surface area contributed by atoms with Gasteiger partial charge in [0.1, 0.15) is 17.8 Å². The maximum Gasteiger partial charge on any atom is 0.334 e. The number of hydrogen-bond acceptors (Lipinski definition) is 12. The fourth-order valence-corrected chi connectivity index (χ4v) is 7.70. The molecule has 2 aliphatic heterocycles. The lowest BCUT2D eigenvalue weighted by Gasteiger charge is -2.44. The van der Waals surface area contributed by atoms with Gasteiger partial charge >= 0.3 is 23.9 Å². The topological polar surface area (TPSA) is 153 Å². The minimum atomic E-state index is -2.09. The van der Waals surface area contributed by atoms with E-state index in [1.54, 1.807) is 54.5 Å². The third-order valence-electron chi connectivity index (χ3n) is 9.96. The molecule has 2 aliphatic carbocycles. The highest BCUT2D eigenvalue weighted by Gasteiger charge is 2.79. The van der Waals surface area contributed by atoms with Crippen LogP contribution in [0.1, 0.15) is 114 Å². The number of fused-ring (bicyclic) bond motifs is 5. The molecule has 4 aliphatic rings. The van der Waals surface area contributed by atoms with Crippen molar-refractivity contribution < 1.29 is 57.4 Å². The van der Waals surface area contributed by atoms with Gasteiger partial charge in [-0.25, -0.2) is 4.79 Å². The zero-order chi connectivity index (χ0) is 35.1. The monoisotopic (exact) mass is 664 g/mol. The molecule has 2 saturated heterocycles. The second-order valence-electron chi connectivity index (χ2n) is 14.1. The fourth-order valence-electron chi connectivity index (χ4n) is 7.70. The van der Waals surface area contributed by atoms with Crippen LogP contribution < -0.4 is 0 Å². The van der Waals surface area contributed by atoms with Gasteiger partial charge in [0.25, 0.3) is 0 Å². The summed E-state index contributed by atoms with van der Waals surface area (Å²) in [5, 5.41) is 13.1. The van der Waals surface area contributed by atoms with Crippen molar-refractivity contribution in [2.75, 3.05) is 0 Å². The minimum absolute atomic E-state index is 0.0802. The first-order valence-corrected chi connectivity index (χ1v) is 16.8. The van der Waals surface area contributed by atoms with Gasteiger partial charge in [0.15, 0.2) is 35.5 Å². The molecule has 0 aromatic heterocycles. The summed E-state index contributed by atoms with van der Waals surface area (Å²) >= 11 is 0. The van der Waals surface area contributed by atoms with E-state index in [4.69, 9.17) is 33.2 Å². The third kappa shape index (κ3) is 6.63. The van der Waals surface area contributed by atoms with E-state index >= 15 is 0 Å². The Hall–Kier alpha value is -2.80. The average Bonchev–Trinajstić information content (AvgIpc) is 3.43. The zero-order valence-corrected chi connectivity index (χ0v) is 29.4. The summed E-state index contributed by atoms with van der Waals surface area (Å²) in [5.74, 6) is -4.49. The molecule has 0 bridgehead atoms. The van der Waals surface area contributed by atoms with Crippen LogP contribution in [0.25, 0.3) is 0 Å². The summed E-state index contributed by atoms with van der Waals surface area (Å²) in [4.78, 5) is 52.5. The maximum absolute atomic E-state index is 13.4. The number of allylic oxidation sites excluding steroid dienone is 1. The van der Waals surface area contributed by atoms with E-state index in [0.29, 0.717) is 29.6 Å². The van der Waals surface area contributed by atoms with E-state index in [2.05, 4.69) is 0 Å². The third-order valence-corrected chi connectivity index (χ3v) is 9.96. The zero-order valence-electron chi connectivity index (χ0n) is 29.4. The van der Waals surface area contributed by atoms with Gasteiger partial charge in [-0.15, -0.1) is 0 Å². The molecule has 0 radical (unpaired) electrons. The molecule has 0 amide bonds. The quantitative estimate of drug-likeness (QED) is 0.107. The van der Waals surface area contributed by atoms with Crippen molar-refractivity contribution in [3.05, 3.63) is 22.8 Å². The summed E-state index contributed by atoms with van der Waals surface area (Å²) in [6.07, 6.45) is -1.54. The van der Waals surface area contributed by atoms with Gasteiger partial charge in [0.05, 0.1) is 5.92 Å². The van der Waals surface area contributed by atoms with Gasteiger partial charge in [0.2, 0.25) is 0 Å². The van der Waals surface area contributed by atoms with E-state index in [-0.39, 0.29) is 19.3 Å². The summed E-state index contributed by atoms with van der Waals surface area (Å²) in [5.41, 5.74) is -4.02. The molecule has 3 fully saturated rings. The molecule has 264 valence electrons. The lowest BCUT2D eigenvalue weighted by Crippen LogP contribution is -2.65. The molecule has 2 heterocycles. The minimum Gasteiger partial charge on any atom is -0.459 e. The predicted octanol–water partition coefficient (Wildman–Crippen LogP) is 4.74. The number of rotatable bonds is 11. The Labute approximate surface area is 277 Å². The molecular weight excluding hydrogens is 612 g/mol. The van der Waals surface area contributed by atoms with Gasteiger partial charge in [-0.05, 0) is 72.5 Å². The van der Waals surface area contributed by atoms with Crippen molar-refractivity contribution in [1.29, 1.82) is 0 Å². The van der Waals surface area contributed by atoms with Crippen molar-refractivity contribution in [3.63, 3.8) is 0 Å². The highest BCUT2D eigenvalue weighted by molar-refractivity contribution is 5.88. The molecule has 1 saturated carbocycles. The summed E-state index contributed by atoms with van der Waals surface area (Å²) in [7, 11) is 0.